The van der Waals surface area contributed by atoms with Crippen LogP contribution in [0.5, 0.6) is 11.5 Å². The standard InChI is InChI=1S/C22H29N5O5/c1-15(28)32-11-10-26-8-9-27(22(26)29)16-4-6-25(7-5-16)21-17-12-19(30-2)20(31-3)13-18(17)23-14-24-21/h12-14,16H,4-11H2,1-3H3. The molecular formula is C22H29N5O5. The Bertz CT molecular complexity index is 992. The minimum absolute atomic E-state index is 0.0277. The molecule has 0 atom stereocenters. The third-order valence-corrected chi connectivity index (χ3v) is 6.12. The first-order chi connectivity index (χ1) is 15.5. The number of fused-ring (bicyclic) bond motifs is 1. The number of methoxy groups -OCH3 is 2. The van der Waals surface area contributed by atoms with E-state index < -0.39 is 0 Å². The fourth-order valence-electron chi connectivity index (χ4n) is 4.46. The zero-order chi connectivity index (χ0) is 22.7. The number of piperidine rings is 1. The van der Waals surface area contributed by atoms with Gasteiger partial charge in [-0.3, -0.25) is 4.79 Å². The second-order valence-electron chi connectivity index (χ2n) is 7.94. The molecule has 172 valence electrons. The van der Waals surface area contributed by atoms with E-state index in [0.717, 1.165) is 42.7 Å². The molecule has 3 heterocycles. The van der Waals surface area contributed by atoms with Crippen molar-refractivity contribution in [1.29, 1.82) is 0 Å². The smallest absolute Gasteiger partial charge is 0.320 e. The van der Waals surface area contributed by atoms with Crippen LogP contribution in [0.4, 0.5) is 10.6 Å². The molecule has 0 saturated carbocycles. The number of amides is 2. The van der Waals surface area contributed by atoms with Gasteiger partial charge in [-0.05, 0) is 18.9 Å². The number of hydrogen-bond acceptors (Lipinski definition) is 8. The largest absolute Gasteiger partial charge is 0.493 e. The Hall–Kier alpha value is -3.30. The molecule has 0 radical (unpaired) electrons. The van der Waals surface area contributed by atoms with E-state index in [4.69, 9.17) is 14.2 Å². The number of nitrogens with zero attached hydrogens (tertiary/aromatic N) is 5. The molecule has 2 amide bonds. The fraction of sp³-hybridized carbons (Fsp3) is 0.545. The van der Waals surface area contributed by atoms with Gasteiger partial charge in [-0.25, -0.2) is 14.8 Å². The zero-order valence-electron chi connectivity index (χ0n) is 18.7. The van der Waals surface area contributed by atoms with Gasteiger partial charge in [0.25, 0.3) is 0 Å². The van der Waals surface area contributed by atoms with Crippen molar-refractivity contribution in [3.63, 3.8) is 0 Å². The Balaban J connectivity index is 1.41. The lowest BCUT2D eigenvalue weighted by molar-refractivity contribution is -0.141. The second kappa shape index (κ2) is 9.46. The summed E-state index contributed by atoms with van der Waals surface area (Å²) in [5, 5.41) is 0.914. The van der Waals surface area contributed by atoms with Gasteiger partial charge in [0, 0.05) is 50.6 Å². The number of urea groups is 1. The number of ether oxygens (including phenoxy) is 3. The van der Waals surface area contributed by atoms with Crippen molar-refractivity contribution in [1.82, 2.24) is 19.8 Å². The van der Waals surface area contributed by atoms with Crippen molar-refractivity contribution in [2.75, 3.05) is 58.5 Å². The molecule has 2 aliphatic rings. The van der Waals surface area contributed by atoms with E-state index in [1.807, 2.05) is 17.0 Å². The molecule has 1 aromatic heterocycles. The fourth-order valence-corrected chi connectivity index (χ4v) is 4.46. The van der Waals surface area contributed by atoms with Gasteiger partial charge in [0.05, 0.1) is 26.3 Å². The first kappa shape index (κ1) is 21.9. The highest BCUT2D eigenvalue weighted by Crippen LogP contribution is 2.35. The first-order valence-corrected chi connectivity index (χ1v) is 10.8. The van der Waals surface area contributed by atoms with Gasteiger partial charge in [-0.2, -0.15) is 0 Å². The summed E-state index contributed by atoms with van der Waals surface area (Å²) < 4.78 is 15.8. The average Bonchev–Trinajstić information content (AvgIpc) is 3.17. The summed E-state index contributed by atoms with van der Waals surface area (Å²) in [4.78, 5) is 38.6. The molecule has 32 heavy (non-hydrogen) atoms. The topological polar surface area (TPSA) is 97.3 Å². The van der Waals surface area contributed by atoms with Gasteiger partial charge in [-0.15, -0.1) is 0 Å². The molecule has 0 bridgehead atoms. The van der Waals surface area contributed by atoms with Crippen LogP contribution in [0.3, 0.4) is 0 Å². The molecule has 4 rings (SSSR count). The monoisotopic (exact) mass is 443 g/mol. The summed E-state index contributed by atoms with van der Waals surface area (Å²) in [6.07, 6.45) is 3.30. The van der Waals surface area contributed by atoms with E-state index in [2.05, 4.69) is 14.9 Å². The van der Waals surface area contributed by atoms with E-state index in [1.165, 1.54) is 6.92 Å². The Morgan fingerprint density at radius 2 is 1.78 bits per heavy atom. The highest BCUT2D eigenvalue weighted by Gasteiger charge is 2.35. The molecule has 0 aliphatic carbocycles. The summed E-state index contributed by atoms with van der Waals surface area (Å²) in [7, 11) is 3.22. The van der Waals surface area contributed by atoms with Gasteiger partial charge in [0.15, 0.2) is 11.5 Å². The molecule has 0 spiro atoms. The van der Waals surface area contributed by atoms with Crippen molar-refractivity contribution in [3.05, 3.63) is 18.5 Å². The Kier molecular flexibility index (Phi) is 6.48. The number of carbonyl (C=O) groups excluding carboxylic acids is 2. The average molecular weight is 444 g/mol. The van der Waals surface area contributed by atoms with Crippen LogP contribution in [-0.4, -0.2) is 91.4 Å². The van der Waals surface area contributed by atoms with Crippen molar-refractivity contribution < 1.29 is 23.8 Å². The predicted molar refractivity (Wildman–Crippen MR) is 118 cm³/mol. The van der Waals surface area contributed by atoms with Crippen LogP contribution in [0.15, 0.2) is 18.5 Å². The molecule has 2 aliphatic heterocycles. The number of carbonyl (C=O) groups is 2. The summed E-state index contributed by atoms with van der Waals surface area (Å²) in [6.45, 7) is 5.01. The molecule has 1 aromatic carbocycles. The van der Waals surface area contributed by atoms with E-state index in [1.54, 1.807) is 25.4 Å². The zero-order valence-corrected chi connectivity index (χ0v) is 18.7. The number of esters is 1. The van der Waals surface area contributed by atoms with Crippen LogP contribution in [0.2, 0.25) is 0 Å². The number of hydrogen-bond donors (Lipinski definition) is 0. The van der Waals surface area contributed by atoms with Crippen LogP contribution >= 0.6 is 0 Å². The third kappa shape index (κ3) is 4.35. The first-order valence-electron chi connectivity index (χ1n) is 10.8. The summed E-state index contributed by atoms with van der Waals surface area (Å²) in [5.74, 6) is 1.82. The molecule has 10 nitrogen and oxygen atoms in total. The van der Waals surface area contributed by atoms with Crippen molar-refractivity contribution in [3.8, 4) is 11.5 Å². The van der Waals surface area contributed by atoms with Crippen LogP contribution in [0.25, 0.3) is 10.9 Å². The molecule has 2 saturated heterocycles. The lowest BCUT2D eigenvalue weighted by Gasteiger charge is -2.37. The van der Waals surface area contributed by atoms with Crippen LogP contribution in [0.1, 0.15) is 19.8 Å². The molecule has 0 N–H and O–H groups in total. The van der Waals surface area contributed by atoms with Crippen LogP contribution in [-0.2, 0) is 9.53 Å². The molecule has 2 aromatic rings. The van der Waals surface area contributed by atoms with Crippen LogP contribution in [0, 0.1) is 0 Å². The summed E-state index contributed by atoms with van der Waals surface area (Å²) in [5.41, 5.74) is 0.799. The number of anilines is 1. The van der Waals surface area contributed by atoms with Crippen molar-refractivity contribution in [2.24, 2.45) is 0 Å². The minimum atomic E-state index is -0.325. The van der Waals surface area contributed by atoms with Crippen LogP contribution < -0.4 is 14.4 Å². The second-order valence-corrected chi connectivity index (χ2v) is 7.94. The maximum atomic E-state index is 12.8. The van der Waals surface area contributed by atoms with Gasteiger partial charge in [-0.1, -0.05) is 0 Å². The molecule has 2 fully saturated rings. The predicted octanol–water partition coefficient (Wildman–Crippen LogP) is 1.92. The maximum Gasteiger partial charge on any atom is 0.320 e. The Morgan fingerprint density at radius 3 is 2.47 bits per heavy atom. The quantitative estimate of drug-likeness (QED) is 0.599. The van der Waals surface area contributed by atoms with Gasteiger partial charge in [0.1, 0.15) is 18.8 Å². The van der Waals surface area contributed by atoms with E-state index in [9.17, 15) is 9.59 Å². The normalized spacial score (nSPS) is 17.2. The summed E-state index contributed by atoms with van der Waals surface area (Å²) >= 11 is 0. The van der Waals surface area contributed by atoms with Gasteiger partial charge < -0.3 is 28.9 Å². The van der Waals surface area contributed by atoms with E-state index >= 15 is 0 Å². The molecular weight excluding hydrogens is 414 g/mol. The lowest BCUT2D eigenvalue weighted by atomic mass is 10.0. The van der Waals surface area contributed by atoms with Crippen molar-refractivity contribution >= 4 is 28.7 Å². The molecule has 10 heteroatoms. The summed E-state index contributed by atoms with van der Waals surface area (Å²) in [6, 6.07) is 4.00. The number of rotatable bonds is 7. The van der Waals surface area contributed by atoms with E-state index in [0.29, 0.717) is 31.1 Å². The highest BCUT2D eigenvalue weighted by molar-refractivity contribution is 5.92. The van der Waals surface area contributed by atoms with Crippen molar-refractivity contribution in [2.45, 2.75) is 25.8 Å². The van der Waals surface area contributed by atoms with E-state index in [-0.39, 0.29) is 24.6 Å². The third-order valence-electron chi connectivity index (χ3n) is 6.12. The van der Waals surface area contributed by atoms with Gasteiger partial charge in [0.2, 0.25) is 0 Å². The number of benzene rings is 1. The number of aromatic nitrogens is 2. The molecule has 0 unspecified atom stereocenters. The Labute approximate surface area is 187 Å². The Morgan fingerprint density at radius 1 is 1.06 bits per heavy atom. The highest BCUT2D eigenvalue weighted by atomic mass is 16.5. The lowest BCUT2D eigenvalue weighted by Crippen LogP contribution is -2.47. The van der Waals surface area contributed by atoms with Gasteiger partial charge >= 0.3 is 12.0 Å². The minimum Gasteiger partial charge on any atom is -0.493 e. The SMILES string of the molecule is COc1cc2ncnc(N3CCC(N4CCN(CCOC(C)=O)C4=O)CC3)c2cc1OC. The maximum absolute atomic E-state index is 12.8.